The molecule has 0 saturated heterocycles. The van der Waals surface area contributed by atoms with E-state index in [-0.39, 0.29) is 23.6 Å². The minimum absolute atomic E-state index is 0.0563. The molecule has 0 bridgehead atoms. The predicted octanol–water partition coefficient (Wildman–Crippen LogP) is 7.35. The molecule has 0 radical (unpaired) electrons. The number of allylic oxidation sites excluding steroid dienone is 3. The average Bonchev–Trinajstić information content (AvgIpc) is 2.82. The van der Waals surface area contributed by atoms with Crippen LogP contribution in [0.2, 0.25) is 0 Å². The summed E-state index contributed by atoms with van der Waals surface area (Å²) >= 11 is 0. The first kappa shape index (κ1) is 28.1. The van der Waals surface area contributed by atoms with Gasteiger partial charge >= 0.3 is 0 Å². The Hall–Kier alpha value is -3.09. The van der Waals surface area contributed by atoms with E-state index in [1.165, 1.54) is 49.7 Å². The van der Waals surface area contributed by atoms with Crippen LogP contribution in [0.3, 0.4) is 0 Å². The lowest BCUT2D eigenvalue weighted by Crippen LogP contribution is -2.24. The molecule has 1 heterocycles. The predicted molar refractivity (Wildman–Crippen MR) is 143 cm³/mol. The van der Waals surface area contributed by atoms with Gasteiger partial charge in [0.2, 0.25) is 5.75 Å². The molecule has 7 nitrogen and oxygen atoms in total. The Labute approximate surface area is 208 Å². The fraction of sp³-hybridized carbons (Fsp3) is 0.536. The van der Waals surface area contributed by atoms with E-state index in [1.54, 1.807) is 10.6 Å². The van der Waals surface area contributed by atoms with Gasteiger partial charge in [-0.25, -0.2) is 0 Å². The number of ether oxygens (including phenoxy) is 2. The van der Waals surface area contributed by atoms with Crippen molar-refractivity contribution in [3.05, 3.63) is 62.0 Å². The Morgan fingerprint density at radius 2 is 1.77 bits per heavy atom. The van der Waals surface area contributed by atoms with Crippen LogP contribution in [0, 0.1) is 10.1 Å². The van der Waals surface area contributed by atoms with Crippen molar-refractivity contribution in [2.75, 3.05) is 13.7 Å². The molecule has 2 rings (SSSR count). The molecule has 0 aliphatic carbocycles. The lowest BCUT2D eigenvalue weighted by atomic mass is 10.1. The van der Waals surface area contributed by atoms with Crippen molar-refractivity contribution in [2.24, 2.45) is 0 Å². The molecule has 1 aromatic carbocycles. The molecule has 0 aliphatic heterocycles. The normalized spacial score (nSPS) is 11.5. The van der Waals surface area contributed by atoms with E-state index in [2.05, 4.69) is 33.8 Å². The van der Waals surface area contributed by atoms with Crippen molar-refractivity contribution < 1.29 is 14.4 Å². The van der Waals surface area contributed by atoms with Gasteiger partial charge in [-0.15, -0.1) is 0 Å². The number of hydrogen-bond acceptors (Lipinski definition) is 5. The minimum Gasteiger partial charge on any atom is -0.492 e. The summed E-state index contributed by atoms with van der Waals surface area (Å²) in [5, 5.41) is 12.0. The second kappa shape index (κ2) is 14.3. The third-order valence-corrected chi connectivity index (χ3v) is 6.06. The lowest BCUT2D eigenvalue weighted by Gasteiger charge is -2.17. The Balaban J connectivity index is 2.36. The van der Waals surface area contributed by atoms with Crippen LogP contribution in [0.25, 0.3) is 10.9 Å². The van der Waals surface area contributed by atoms with E-state index in [1.807, 2.05) is 6.08 Å². The molecule has 0 spiro atoms. The summed E-state index contributed by atoms with van der Waals surface area (Å²) in [6.45, 7) is 9.12. The Bertz CT molecular complexity index is 1110. The van der Waals surface area contributed by atoms with Crippen molar-refractivity contribution in [1.82, 2.24) is 4.57 Å². The third-order valence-electron chi connectivity index (χ3n) is 6.06. The number of nitro groups is 1. The van der Waals surface area contributed by atoms with Gasteiger partial charge in [0.05, 0.1) is 17.5 Å². The summed E-state index contributed by atoms with van der Waals surface area (Å²) in [5.74, 6) is 0.461. The monoisotopic (exact) mass is 484 g/mol. The highest BCUT2D eigenvalue weighted by molar-refractivity contribution is 5.89. The highest BCUT2D eigenvalue weighted by atomic mass is 16.6. The van der Waals surface area contributed by atoms with Crippen molar-refractivity contribution in [3.63, 3.8) is 0 Å². The summed E-state index contributed by atoms with van der Waals surface area (Å²) in [4.78, 5) is 24.4. The van der Waals surface area contributed by atoms with Crippen molar-refractivity contribution in [1.29, 1.82) is 0 Å². The first-order chi connectivity index (χ1) is 16.8. The Morgan fingerprint density at radius 3 is 2.43 bits per heavy atom. The zero-order valence-corrected chi connectivity index (χ0v) is 21.9. The molecule has 35 heavy (non-hydrogen) atoms. The summed E-state index contributed by atoms with van der Waals surface area (Å²) in [6, 6.07) is 4.52. The van der Waals surface area contributed by atoms with E-state index in [0.717, 1.165) is 32.1 Å². The number of unbranched alkanes of at least 4 members (excludes halogenated alkanes) is 5. The minimum atomic E-state index is -0.446. The smallest absolute Gasteiger partial charge is 0.297 e. The number of aromatic nitrogens is 1. The fourth-order valence-electron chi connectivity index (χ4n) is 4.06. The second-order valence-corrected chi connectivity index (χ2v) is 9.23. The van der Waals surface area contributed by atoms with Crippen molar-refractivity contribution >= 4 is 16.6 Å². The molecule has 0 N–H and O–H groups in total. The summed E-state index contributed by atoms with van der Waals surface area (Å²) in [7, 11) is 1.49. The lowest BCUT2D eigenvalue weighted by molar-refractivity contribution is -0.384. The van der Waals surface area contributed by atoms with E-state index >= 15 is 0 Å². The standard InChI is InChI=1S/C28H40N2O5/c1-6-7-8-9-10-11-18-29-25-20-23(30(32)33)15-16-24(25)26(34-5)27(28(29)31)35-19-17-22(4)14-12-13-21(2)3/h13,15-17,20H,6-12,14,18-19H2,1-5H3. The van der Waals surface area contributed by atoms with Crippen LogP contribution in [0.15, 0.2) is 46.3 Å². The molecule has 7 heteroatoms. The van der Waals surface area contributed by atoms with Gasteiger partial charge in [0.1, 0.15) is 6.61 Å². The van der Waals surface area contributed by atoms with E-state index < -0.39 is 4.92 Å². The molecule has 0 unspecified atom stereocenters. The van der Waals surface area contributed by atoms with E-state index in [0.29, 0.717) is 23.2 Å². The van der Waals surface area contributed by atoms with Gasteiger partial charge in [-0.3, -0.25) is 14.9 Å². The zero-order chi connectivity index (χ0) is 25.8. The van der Waals surface area contributed by atoms with E-state index in [9.17, 15) is 14.9 Å². The van der Waals surface area contributed by atoms with Gasteiger partial charge in [-0.05, 0) is 52.2 Å². The maximum Gasteiger partial charge on any atom is 0.297 e. The van der Waals surface area contributed by atoms with Gasteiger partial charge in [-0.2, -0.15) is 0 Å². The van der Waals surface area contributed by atoms with Crippen LogP contribution in [0.4, 0.5) is 5.69 Å². The Kier molecular flexibility index (Phi) is 11.5. The van der Waals surface area contributed by atoms with Crippen LogP contribution in [0.5, 0.6) is 11.5 Å². The van der Waals surface area contributed by atoms with E-state index in [4.69, 9.17) is 9.47 Å². The first-order valence-electron chi connectivity index (χ1n) is 12.6. The number of fused-ring (bicyclic) bond motifs is 1. The number of pyridine rings is 1. The van der Waals surface area contributed by atoms with Crippen molar-refractivity contribution in [3.8, 4) is 11.5 Å². The van der Waals surface area contributed by atoms with Gasteiger partial charge < -0.3 is 14.0 Å². The van der Waals surface area contributed by atoms with Crippen LogP contribution in [-0.4, -0.2) is 23.2 Å². The third kappa shape index (κ3) is 8.26. The fourth-order valence-corrected chi connectivity index (χ4v) is 4.06. The number of nitro benzene ring substituents is 1. The average molecular weight is 485 g/mol. The molecule has 0 fully saturated rings. The SMILES string of the molecule is CCCCCCCCn1c(=O)c(OCC=C(C)CCC=C(C)C)c(OC)c2ccc([N+](=O)[O-])cc21. The molecule has 1 aromatic heterocycles. The molecule has 0 aliphatic rings. The highest BCUT2D eigenvalue weighted by Crippen LogP contribution is 2.34. The summed E-state index contributed by atoms with van der Waals surface area (Å²) < 4.78 is 13.1. The Morgan fingerprint density at radius 1 is 1.06 bits per heavy atom. The number of nitrogens with zero attached hydrogens (tertiary/aromatic N) is 2. The number of rotatable bonds is 15. The number of methoxy groups -OCH3 is 1. The molecule has 0 amide bonds. The maximum absolute atomic E-state index is 13.5. The van der Waals surface area contributed by atoms with Crippen molar-refractivity contribution in [2.45, 2.75) is 85.6 Å². The molecule has 0 saturated carbocycles. The number of benzene rings is 1. The maximum atomic E-state index is 13.5. The topological polar surface area (TPSA) is 83.6 Å². The van der Waals surface area contributed by atoms with Crippen LogP contribution < -0.4 is 15.0 Å². The van der Waals surface area contributed by atoms with Gasteiger partial charge in [-0.1, -0.05) is 56.3 Å². The zero-order valence-electron chi connectivity index (χ0n) is 21.9. The first-order valence-corrected chi connectivity index (χ1v) is 12.6. The molecular formula is C28H40N2O5. The summed E-state index contributed by atoms with van der Waals surface area (Å²) in [6.07, 6.45) is 12.6. The summed E-state index contributed by atoms with van der Waals surface area (Å²) in [5.41, 5.74) is 2.60. The number of hydrogen-bond donors (Lipinski definition) is 0. The van der Waals surface area contributed by atoms with Gasteiger partial charge in [0.15, 0.2) is 5.75 Å². The molecular weight excluding hydrogens is 444 g/mol. The second-order valence-electron chi connectivity index (χ2n) is 9.23. The molecule has 192 valence electrons. The molecule has 2 aromatic rings. The van der Waals surface area contributed by atoms with Crippen LogP contribution in [-0.2, 0) is 6.54 Å². The van der Waals surface area contributed by atoms with Crippen LogP contribution >= 0.6 is 0 Å². The number of aryl methyl sites for hydroxylation is 1. The van der Waals surface area contributed by atoms with Gasteiger partial charge in [0.25, 0.3) is 11.2 Å². The quantitative estimate of drug-likeness (QED) is 0.114. The largest absolute Gasteiger partial charge is 0.492 e. The number of non-ortho nitro benzene ring substituents is 1. The highest BCUT2D eigenvalue weighted by Gasteiger charge is 2.21. The van der Waals surface area contributed by atoms with Gasteiger partial charge in [0, 0.05) is 24.1 Å². The molecule has 0 atom stereocenters. The van der Waals surface area contributed by atoms with Crippen LogP contribution in [0.1, 0.15) is 79.1 Å².